The van der Waals surface area contributed by atoms with E-state index >= 15 is 0 Å². The highest BCUT2D eigenvalue weighted by molar-refractivity contribution is 6.32. The first kappa shape index (κ1) is 18.5. The second-order valence-electron chi connectivity index (χ2n) is 5.53. The van der Waals surface area contributed by atoms with Crippen molar-refractivity contribution >= 4 is 24.0 Å². The molecule has 1 unspecified atom stereocenters. The van der Waals surface area contributed by atoms with E-state index in [-0.39, 0.29) is 24.6 Å². The summed E-state index contributed by atoms with van der Waals surface area (Å²) in [6.45, 7) is 8.86. The van der Waals surface area contributed by atoms with Crippen LogP contribution in [0.4, 0.5) is 0 Å². The first-order valence-corrected chi connectivity index (χ1v) is 6.48. The van der Waals surface area contributed by atoms with E-state index in [9.17, 15) is 5.11 Å². The molecule has 0 aliphatic heterocycles. The van der Waals surface area contributed by atoms with Gasteiger partial charge >= 0.3 is 0 Å². The van der Waals surface area contributed by atoms with Crippen molar-refractivity contribution in [1.82, 2.24) is 5.32 Å². The predicted octanol–water partition coefficient (Wildman–Crippen LogP) is 3.20. The van der Waals surface area contributed by atoms with Crippen LogP contribution < -0.4 is 10.1 Å². The quantitative estimate of drug-likeness (QED) is 0.878. The molecule has 0 amide bonds. The highest BCUT2D eigenvalue weighted by Gasteiger charge is 2.13. The van der Waals surface area contributed by atoms with Gasteiger partial charge in [-0.25, -0.2) is 0 Å². The van der Waals surface area contributed by atoms with E-state index < -0.39 is 6.10 Å². The fraction of sp³-hybridized carbons (Fsp3) is 0.571. The molecule has 19 heavy (non-hydrogen) atoms. The normalized spacial score (nSPS) is 12.7. The summed E-state index contributed by atoms with van der Waals surface area (Å²) in [7, 11) is 0. The molecule has 0 aromatic heterocycles. The van der Waals surface area contributed by atoms with E-state index in [2.05, 4.69) is 26.1 Å². The maximum absolute atomic E-state index is 9.80. The maximum Gasteiger partial charge on any atom is 0.138 e. The highest BCUT2D eigenvalue weighted by Crippen LogP contribution is 2.25. The summed E-state index contributed by atoms with van der Waals surface area (Å²) in [6, 6.07) is 5.59. The molecule has 0 heterocycles. The van der Waals surface area contributed by atoms with Gasteiger partial charge in [-0.05, 0) is 45.4 Å². The Morgan fingerprint density at radius 3 is 2.58 bits per heavy atom. The fourth-order valence-electron chi connectivity index (χ4n) is 1.39. The molecule has 3 nitrogen and oxygen atoms in total. The number of ether oxygens (including phenoxy) is 1. The molecule has 0 bridgehead atoms. The summed E-state index contributed by atoms with van der Waals surface area (Å²) in [5, 5.41) is 13.6. The molecule has 0 fully saturated rings. The van der Waals surface area contributed by atoms with Gasteiger partial charge in [0, 0.05) is 12.1 Å². The van der Waals surface area contributed by atoms with Gasteiger partial charge in [-0.2, -0.15) is 0 Å². The average molecular weight is 308 g/mol. The summed E-state index contributed by atoms with van der Waals surface area (Å²) in [4.78, 5) is 0. The Hall–Kier alpha value is -0.480. The molecular weight excluding hydrogens is 285 g/mol. The van der Waals surface area contributed by atoms with Crippen molar-refractivity contribution in [2.75, 3.05) is 13.2 Å². The number of rotatable bonds is 5. The van der Waals surface area contributed by atoms with Gasteiger partial charge in [-0.15, -0.1) is 12.4 Å². The summed E-state index contributed by atoms with van der Waals surface area (Å²) >= 11 is 6.01. The van der Waals surface area contributed by atoms with Crippen LogP contribution in [0.1, 0.15) is 26.3 Å². The number of β-amino-alcohol motifs (C(OH)–C–C–N with tert-alkyl or cyclic N) is 1. The molecular formula is C14H23Cl2NO2. The van der Waals surface area contributed by atoms with Gasteiger partial charge in [0.15, 0.2) is 0 Å². The van der Waals surface area contributed by atoms with Crippen LogP contribution in [0.5, 0.6) is 5.75 Å². The maximum atomic E-state index is 9.80. The van der Waals surface area contributed by atoms with Gasteiger partial charge in [-0.1, -0.05) is 17.7 Å². The minimum atomic E-state index is -0.555. The largest absolute Gasteiger partial charge is 0.489 e. The molecule has 2 N–H and O–H groups in total. The lowest BCUT2D eigenvalue weighted by Crippen LogP contribution is -2.42. The molecule has 0 aliphatic carbocycles. The standard InChI is InChI=1S/C14H22ClNO2.ClH/c1-10-5-6-12(15)13(7-10)18-9-11(17)8-16-14(2,3)4;/h5-7,11,16-17H,8-9H2,1-4H3;1H. The van der Waals surface area contributed by atoms with Crippen LogP contribution in [-0.4, -0.2) is 29.9 Å². The van der Waals surface area contributed by atoms with Gasteiger partial charge in [-0.3, -0.25) is 0 Å². The lowest BCUT2D eigenvalue weighted by molar-refractivity contribution is 0.100. The SMILES string of the molecule is Cc1ccc(Cl)c(OCC(O)CNC(C)(C)C)c1.Cl. The Morgan fingerprint density at radius 1 is 1.37 bits per heavy atom. The fourth-order valence-corrected chi connectivity index (χ4v) is 1.56. The smallest absolute Gasteiger partial charge is 0.138 e. The monoisotopic (exact) mass is 307 g/mol. The number of hydrogen-bond donors (Lipinski definition) is 2. The molecule has 0 aliphatic rings. The Balaban J connectivity index is 0.00000324. The summed E-state index contributed by atoms with van der Waals surface area (Å²) < 4.78 is 5.52. The predicted molar refractivity (Wildman–Crippen MR) is 82.7 cm³/mol. The summed E-state index contributed by atoms with van der Waals surface area (Å²) in [5.74, 6) is 0.617. The number of aliphatic hydroxyl groups is 1. The molecule has 5 heteroatoms. The third-order valence-corrected chi connectivity index (χ3v) is 2.70. The van der Waals surface area contributed by atoms with E-state index in [0.29, 0.717) is 17.3 Å². The summed E-state index contributed by atoms with van der Waals surface area (Å²) in [5.41, 5.74) is 1.07. The van der Waals surface area contributed by atoms with Crippen molar-refractivity contribution in [1.29, 1.82) is 0 Å². The minimum Gasteiger partial charge on any atom is -0.489 e. The molecule has 1 aromatic rings. The Bertz CT molecular complexity index is 392. The van der Waals surface area contributed by atoms with Gasteiger partial charge in [0.05, 0.1) is 5.02 Å². The Morgan fingerprint density at radius 2 is 2.00 bits per heavy atom. The van der Waals surface area contributed by atoms with Gasteiger partial charge < -0.3 is 15.2 Å². The second kappa shape index (κ2) is 7.95. The number of benzene rings is 1. The third kappa shape index (κ3) is 7.63. The molecule has 1 rings (SSSR count). The molecule has 0 saturated carbocycles. The number of nitrogens with one attached hydrogen (secondary N) is 1. The van der Waals surface area contributed by atoms with E-state index in [4.69, 9.17) is 16.3 Å². The first-order chi connectivity index (χ1) is 8.28. The van der Waals surface area contributed by atoms with Crippen LogP contribution in [0, 0.1) is 6.92 Å². The van der Waals surface area contributed by atoms with Crippen LogP contribution in [0.15, 0.2) is 18.2 Å². The molecule has 0 radical (unpaired) electrons. The van der Waals surface area contributed by atoms with Crippen molar-refractivity contribution in [3.05, 3.63) is 28.8 Å². The lowest BCUT2D eigenvalue weighted by atomic mass is 10.1. The molecule has 110 valence electrons. The van der Waals surface area contributed by atoms with Gasteiger partial charge in [0.1, 0.15) is 18.5 Å². The van der Waals surface area contributed by atoms with Gasteiger partial charge in [0.25, 0.3) is 0 Å². The zero-order valence-corrected chi connectivity index (χ0v) is 13.4. The highest BCUT2D eigenvalue weighted by atomic mass is 35.5. The molecule has 0 spiro atoms. The Kier molecular flexibility index (Phi) is 7.75. The average Bonchev–Trinajstić information content (AvgIpc) is 2.26. The van der Waals surface area contributed by atoms with Crippen molar-refractivity contribution in [2.24, 2.45) is 0 Å². The van der Waals surface area contributed by atoms with Crippen molar-refractivity contribution in [3.63, 3.8) is 0 Å². The second-order valence-corrected chi connectivity index (χ2v) is 5.94. The lowest BCUT2D eigenvalue weighted by Gasteiger charge is -2.23. The van der Waals surface area contributed by atoms with E-state index in [0.717, 1.165) is 5.56 Å². The number of hydrogen-bond acceptors (Lipinski definition) is 3. The number of aryl methyl sites for hydroxylation is 1. The van der Waals surface area contributed by atoms with Crippen LogP contribution in [0.2, 0.25) is 5.02 Å². The van der Waals surface area contributed by atoms with E-state index in [1.165, 1.54) is 0 Å². The zero-order chi connectivity index (χ0) is 13.8. The third-order valence-electron chi connectivity index (χ3n) is 2.39. The first-order valence-electron chi connectivity index (χ1n) is 6.10. The van der Waals surface area contributed by atoms with Crippen LogP contribution in [0.25, 0.3) is 0 Å². The number of aliphatic hydroxyl groups excluding tert-OH is 1. The van der Waals surface area contributed by atoms with Crippen molar-refractivity contribution in [2.45, 2.75) is 39.3 Å². The van der Waals surface area contributed by atoms with Crippen LogP contribution in [0.3, 0.4) is 0 Å². The van der Waals surface area contributed by atoms with Crippen LogP contribution >= 0.6 is 24.0 Å². The van der Waals surface area contributed by atoms with E-state index in [1.54, 1.807) is 6.07 Å². The van der Waals surface area contributed by atoms with E-state index in [1.807, 2.05) is 19.1 Å². The van der Waals surface area contributed by atoms with Gasteiger partial charge in [0.2, 0.25) is 0 Å². The van der Waals surface area contributed by atoms with Crippen LogP contribution in [-0.2, 0) is 0 Å². The molecule has 1 aromatic carbocycles. The summed E-state index contributed by atoms with van der Waals surface area (Å²) in [6.07, 6.45) is -0.555. The molecule has 0 saturated heterocycles. The minimum absolute atomic E-state index is 0. The zero-order valence-electron chi connectivity index (χ0n) is 11.9. The number of halogens is 2. The molecule has 1 atom stereocenters. The van der Waals surface area contributed by atoms with Crippen molar-refractivity contribution in [3.8, 4) is 5.75 Å². The topological polar surface area (TPSA) is 41.5 Å². The van der Waals surface area contributed by atoms with Crippen molar-refractivity contribution < 1.29 is 9.84 Å². The Labute approximate surface area is 126 Å².